The lowest BCUT2D eigenvalue weighted by atomic mass is 9.97. The molecule has 0 bridgehead atoms. The summed E-state index contributed by atoms with van der Waals surface area (Å²) in [5, 5.41) is 0. The highest BCUT2D eigenvalue weighted by Crippen LogP contribution is 2.17. The third-order valence-electron chi connectivity index (χ3n) is 2.43. The van der Waals surface area contributed by atoms with E-state index in [0.29, 0.717) is 0 Å². The van der Waals surface area contributed by atoms with Crippen molar-refractivity contribution < 1.29 is 0 Å². The second-order valence-corrected chi connectivity index (χ2v) is 4.15. The van der Waals surface area contributed by atoms with E-state index in [1.165, 1.54) is 35.1 Å². The van der Waals surface area contributed by atoms with Gasteiger partial charge in [-0.05, 0) is 56.1 Å². The molecule has 0 fully saturated rings. The average Bonchev–Trinajstić information content (AvgIpc) is 2.02. The average molecular weight is 194 g/mol. The van der Waals surface area contributed by atoms with Gasteiger partial charge in [0.15, 0.2) is 0 Å². The third kappa shape index (κ3) is 2.77. The maximum atomic E-state index is 4.24. The lowest BCUT2D eigenvalue weighted by Crippen LogP contribution is -1.95. The Morgan fingerprint density at radius 2 is 1.62 bits per heavy atom. The molecule has 0 atom stereocenters. The van der Waals surface area contributed by atoms with Crippen LogP contribution in [0.4, 0.5) is 0 Å². The Morgan fingerprint density at radius 1 is 1.08 bits per heavy atom. The SMILES string of the molecule is Cc1cc(C)c(CCCS)c(C)c1. The first-order chi connectivity index (χ1) is 6.15. The Labute approximate surface area is 86.8 Å². The van der Waals surface area contributed by atoms with Crippen molar-refractivity contribution in [1.82, 2.24) is 0 Å². The molecule has 1 aromatic carbocycles. The highest BCUT2D eigenvalue weighted by Gasteiger charge is 2.02. The summed E-state index contributed by atoms with van der Waals surface area (Å²) in [7, 11) is 0. The van der Waals surface area contributed by atoms with Crippen molar-refractivity contribution in [2.24, 2.45) is 0 Å². The van der Waals surface area contributed by atoms with E-state index in [2.05, 4.69) is 45.5 Å². The van der Waals surface area contributed by atoms with E-state index in [1.54, 1.807) is 0 Å². The summed E-state index contributed by atoms with van der Waals surface area (Å²) in [6, 6.07) is 4.53. The summed E-state index contributed by atoms with van der Waals surface area (Å²) >= 11 is 4.24. The van der Waals surface area contributed by atoms with E-state index < -0.39 is 0 Å². The van der Waals surface area contributed by atoms with Crippen molar-refractivity contribution >= 4 is 12.6 Å². The molecule has 0 unspecified atom stereocenters. The van der Waals surface area contributed by atoms with Crippen LogP contribution in [0.15, 0.2) is 12.1 Å². The van der Waals surface area contributed by atoms with Crippen LogP contribution in [0.2, 0.25) is 0 Å². The zero-order valence-corrected chi connectivity index (χ0v) is 9.62. The molecule has 0 heterocycles. The summed E-state index contributed by atoms with van der Waals surface area (Å²) in [4.78, 5) is 0. The van der Waals surface area contributed by atoms with Crippen LogP contribution < -0.4 is 0 Å². The highest BCUT2D eigenvalue weighted by atomic mass is 32.1. The Morgan fingerprint density at radius 3 is 2.08 bits per heavy atom. The maximum absolute atomic E-state index is 4.24. The van der Waals surface area contributed by atoms with Gasteiger partial charge in [-0.1, -0.05) is 17.7 Å². The number of aryl methyl sites for hydroxylation is 3. The van der Waals surface area contributed by atoms with E-state index in [4.69, 9.17) is 0 Å². The molecule has 0 radical (unpaired) electrons. The molecule has 0 amide bonds. The Hall–Kier alpha value is -0.430. The van der Waals surface area contributed by atoms with Crippen LogP contribution in [0.25, 0.3) is 0 Å². The first-order valence-electron chi connectivity index (χ1n) is 4.82. The molecule has 0 N–H and O–H groups in total. The summed E-state index contributed by atoms with van der Waals surface area (Å²) in [6.45, 7) is 6.56. The molecule has 0 aromatic heterocycles. The van der Waals surface area contributed by atoms with Crippen LogP contribution in [0, 0.1) is 20.8 Å². The second kappa shape index (κ2) is 4.71. The molecular formula is C12H18S. The molecule has 0 spiro atoms. The topological polar surface area (TPSA) is 0 Å². The molecule has 72 valence electrons. The zero-order chi connectivity index (χ0) is 9.84. The van der Waals surface area contributed by atoms with Crippen LogP contribution >= 0.6 is 12.6 Å². The van der Waals surface area contributed by atoms with Crippen molar-refractivity contribution in [3.8, 4) is 0 Å². The van der Waals surface area contributed by atoms with Gasteiger partial charge in [-0.25, -0.2) is 0 Å². The largest absolute Gasteiger partial charge is 0.179 e. The number of rotatable bonds is 3. The molecule has 0 saturated carbocycles. The lowest BCUT2D eigenvalue weighted by Gasteiger charge is -2.10. The quantitative estimate of drug-likeness (QED) is 0.700. The van der Waals surface area contributed by atoms with Gasteiger partial charge in [-0.3, -0.25) is 0 Å². The van der Waals surface area contributed by atoms with Gasteiger partial charge in [0.05, 0.1) is 0 Å². The molecule has 0 saturated heterocycles. The molecule has 0 nitrogen and oxygen atoms in total. The van der Waals surface area contributed by atoms with E-state index >= 15 is 0 Å². The van der Waals surface area contributed by atoms with Crippen LogP contribution in [0.3, 0.4) is 0 Å². The normalized spacial score (nSPS) is 10.5. The Kier molecular flexibility index (Phi) is 3.86. The Bertz CT molecular complexity index is 266. The first kappa shape index (κ1) is 10.6. The summed E-state index contributed by atoms with van der Waals surface area (Å²) < 4.78 is 0. The number of hydrogen-bond acceptors (Lipinski definition) is 1. The van der Waals surface area contributed by atoms with Crippen LogP contribution in [-0.2, 0) is 6.42 Å². The summed E-state index contributed by atoms with van der Waals surface area (Å²) in [5.41, 5.74) is 5.74. The van der Waals surface area contributed by atoms with Crippen LogP contribution in [0.1, 0.15) is 28.7 Å². The van der Waals surface area contributed by atoms with E-state index in [0.717, 1.165) is 5.75 Å². The first-order valence-corrected chi connectivity index (χ1v) is 5.46. The summed E-state index contributed by atoms with van der Waals surface area (Å²) in [5.74, 6) is 0.979. The van der Waals surface area contributed by atoms with Crippen LogP contribution in [-0.4, -0.2) is 5.75 Å². The standard InChI is InChI=1S/C12H18S/c1-9-7-10(2)12(5-4-6-13)11(3)8-9/h7-8,13H,4-6H2,1-3H3. The molecular weight excluding hydrogens is 176 g/mol. The number of hydrogen-bond donors (Lipinski definition) is 1. The smallest absolute Gasteiger partial charge is 0.00947 e. The molecule has 1 heteroatoms. The van der Waals surface area contributed by atoms with Gasteiger partial charge in [0.2, 0.25) is 0 Å². The highest BCUT2D eigenvalue weighted by molar-refractivity contribution is 7.80. The minimum Gasteiger partial charge on any atom is -0.179 e. The predicted molar refractivity (Wildman–Crippen MR) is 62.8 cm³/mol. The zero-order valence-electron chi connectivity index (χ0n) is 8.72. The number of thiol groups is 1. The molecule has 0 aliphatic carbocycles. The van der Waals surface area contributed by atoms with Crippen molar-refractivity contribution in [1.29, 1.82) is 0 Å². The van der Waals surface area contributed by atoms with Crippen molar-refractivity contribution in [3.63, 3.8) is 0 Å². The summed E-state index contributed by atoms with van der Waals surface area (Å²) in [6.07, 6.45) is 2.34. The molecule has 0 aliphatic heterocycles. The monoisotopic (exact) mass is 194 g/mol. The fourth-order valence-corrected chi connectivity index (χ4v) is 2.02. The molecule has 13 heavy (non-hydrogen) atoms. The van der Waals surface area contributed by atoms with Crippen molar-refractivity contribution in [2.45, 2.75) is 33.6 Å². The molecule has 1 rings (SSSR count). The van der Waals surface area contributed by atoms with Gasteiger partial charge in [-0.2, -0.15) is 12.6 Å². The van der Waals surface area contributed by atoms with Crippen molar-refractivity contribution in [2.75, 3.05) is 5.75 Å². The van der Waals surface area contributed by atoms with Gasteiger partial charge < -0.3 is 0 Å². The predicted octanol–water partition coefficient (Wildman–Crippen LogP) is 3.47. The Balaban J connectivity index is 2.92. The minimum absolute atomic E-state index is 0.979. The second-order valence-electron chi connectivity index (χ2n) is 3.70. The van der Waals surface area contributed by atoms with Crippen LogP contribution in [0.5, 0.6) is 0 Å². The minimum atomic E-state index is 0.979. The number of benzene rings is 1. The van der Waals surface area contributed by atoms with E-state index in [9.17, 15) is 0 Å². The fraction of sp³-hybridized carbons (Fsp3) is 0.500. The van der Waals surface area contributed by atoms with Gasteiger partial charge in [0.25, 0.3) is 0 Å². The van der Waals surface area contributed by atoms with Gasteiger partial charge in [0.1, 0.15) is 0 Å². The van der Waals surface area contributed by atoms with Gasteiger partial charge in [-0.15, -0.1) is 0 Å². The van der Waals surface area contributed by atoms with Crippen molar-refractivity contribution in [3.05, 3.63) is 34.4 Å². The van der Waals surface area contributed by atoms with Gasteiger partial charge >= 0.3 is 0 Å². The lowest BCUT2D eigenvalue weighted by molar-refractivity contribution is 0.914. The molecule has 0 aliphatic rings. The molecule has 1 aromatic rings. The fourth-order valence-electron chi connectivity index (χ4n) is 1.86. The van der Waals surface area contributed by atoms with Gasteiger partial charge in [0, 0.05) is 0 Å². The maximum Gasteiger partial charge on any atom is -0.00947 e. The van der Waals surface area contributed by atoms with E-state index in [1.807, 2.05) is 0 Å². The third-order valence-corrected chi connectivity index (χ3v) is 2.74. The van der Waals surface area contributed by atoms with E-state index in [-0.39, 0.29) is 0 Å².